The number of rotatable bonds is 1. The van der Waals surface area contributed by atoms with E-state index in [0.29, 0.717) is 11.6 Å². The number of fused-ring (bicyclic) bond motifs is 1. The number of imidazole rings is 1. The van der Waals surface area contributed by atoms with Crippen LogP contribution in [0.5, 0.6) is 0 Å². The Kier molecular flexibility index (Phi) is 4.28. The van der Waals surface area contributed by atoms with Crippen LogP contribution in [0.3, 0.4) is 0 Å². The number of amides is 1. The number of H-pyrrole nitrogens is 1. The van der Waals surface area contributed by atoms with Crippen molar-refractivity contribution in [2.45, 2.75) is 24.6 Å². The monoisotopic (exact) mass is 298 g/mol. The molecule has 4 atom stereocenters. The Morgan fingerprint density at radius 1 is 1.33 bits per heavy atom. The van der Waals surface area contributed by atoms with Gasteiger partial charge in [0.2, 0.25) is 5.91 Å². The fourth-order valence-corrected chi connectivity index (χ4v) is 1.67. The number of anilines is 1. The van der Waals surface area contributed by atoms with Crippen molar-refractivity contribution in [3.05, 3.63) is 12.5 Å². The number of ether oxygens (including phenoxy) is 1. The number of aromatic nitrogens is 4. The molecule has 0 bridgehead atoms. The van der Waals surface area contributed by atoms with Gasteiger partial charge in [-0.2, -0.15) is 4.98 Å². The molecule has 2 aromatic rings. The molecule has 0 aromatic carbocycles. The molecule has 114 valence electrons. The van der Waals surface area contributed by atoms with Gasteiger partial charge in [-0.1, -0.05) is 0 Å². The highest BCUT2D eigenvalue weighted by atomic mass is 16.6. The van der Waals surface area contributed by atoms with Crippen molar-refractivity contribution in [1.82, 2.24) is 19.9 Å². The summed E-state index contributed by atoms with van der Waals surface area (Å²) < 4.78 is 4.43. The Balaban J connectivity index is 0.000000154. The van der Waals surface area contributed by atoms with E-state index < -0.39 is 30.5 Å². The summed E-state index contributed by atoms with van der Waals surface area (Å²) in [5.74, 6) is -0.538. The molecule has 0 aliphatic carbocycles. The number of nitrogens with two attached hydrogens (primary N) is 2. The van der Waals surface area contributed by atoms with Crippen LogP contribution in [-0.2, 0) is 9.53 Å². The van der Waals surface area contributed by atoms with Crippen LogP contribution < -0.4 is 11.5 Å². The SMILES string of the molecule is NC(=O)[C@H]1O[C@@H](O)[C@H](O)[C@@H]1O.Nc1nc2ncncc2[nH]1. The summed E-state index contributed by atoms with van der Waals surface area (Å²) in [5.41, 5.74) is 11.5. The summed E-state index contributed by atoms with van der Waals surface area (Å²) in [6.45, 7) is 0. The standard InChI is InChI=1S/C5H5N5.C5H9NO5/c6-5-9-3-1-7-2-8-4(3)10-5;6-4(9)3-1(7)2(8)5(10)11-3/h1-2H,(H3,6,7,8,9,10);1-3,5,7-8,10H,(H2,6,9)/t;1-,2+,3-,5+/m.0/s1. The van der Waals surface area contributed by atoms with Gasteiger partial charge in [0.15, 0.2) is 24.0 Å². The van der Waals surface area contributed by atoms with Crippen LogP contribution in [0.1, 0.15) is 0 Å². The van der Waals surface area contributed by atoms with E-state index in [2.05, 4.69) is 24.7 Å². The Morgan fingerprint density at radius 2 is 2.05 bits per heavy atom. The Labute approximate surface area is 117 Å². The van der Waals surface area contributed by atoms with Gasteiger partial charge in [0, 0.05) is 0 Å². The summed E-state index contributed by atoms with van der Waals surface area (Å²) in [7, 11) is 0. The van der Waals surface area contributed by atoms with Crippen LogP contribution in [0.15, 0.2) is 12.5 Å². The molecular formula is C10H14N6O5. The average Bonchev–Trinajstić information content (AvgIpc) is 2.93. The van der Waals surface area contributed by atoms with E-state index in [1.165, 1.54) is 6.33 Å². The first-order valence-electron chi connectivity index (χ1n) is 5.80. The normalized spacial score (nSPS) is 28.1. The van der Waals surface area contributed by atoms with Gasteiger partial charge in [-0.05, 0) is 0 Å². The molecule has 21 heavy (non-hydrogen) atoms. The van der Waals surface area contributed by atoms with Crippen molar-refractivity contribution < 1.29 is 24.9 Å². The zero-order valence-electron chi connectivity index (χ0n) is 10.6. The third-order valence-corrected chi connectivity index (χ3v) is 2.70. The maximum absolute atomic E-state index is 10.4. The molecule has 0 spiro atoms. The fraction of sp³-hybridized carbons (Fsp3) is 0.400. The lowest BCUT2D eigenvalue weighted by Crippen LogP contribution is -2.39. The average molecular weight is 298 g/mol. The van der Waals surface area contributed by atoms with Crippen molar-refractivity contribution in [3.8, 4) is 0 Å². The smallest absolute Gasteiger partial charge is 0.249 e. The highest BCUT2D eigenvalue weighted by Gasteiger charge is 2.44. The number of primary amides is 1. The molecule has 11 heteroatoms. The van der Waals surface area contributed by atoms with Crippen molar-refractivity contribution in [3.63, 3.8) is 0 Å². The number of hydrogen-bond donors (Lipinski definition) is 6. The van der Waals surface area contributed by atoms with Gasteiger partial charge < -0.3 is 36.5 Å². The first-order valence-corrected chi connectivity index (χ1v) is 5.80. The number of carbonyl (C=O) groups is 1. The van der Waals surface area contributed by atoms with Gasteiger partial charge in [0.25, 0.3) is 0 Å². The van der Waals surface area contributed by atoms with E-state index in [1.54, 1.807) is 6.20 Å². The summed E-state index contributed by atoms with van der Waals surface area (Å²) >= 11 is 0. The van der Waals surface area contributed by atoms with Crippen LogP contribution >= 0.6 is 0 Å². The molecular weight excluding hydrogens is 284 g/mol. The van der Waals surface area contributed by atoms with E-state index in [-0.39, 0.29) is 0 Å². The second kappa shape index (κ2) is 5.97. The number of aromatic amines is 1. The van der Waals surface area contributed by atoms with Gasteiger partial charge in [-0.3, -0.25) is 4.79 Å². The van der Waals surface area contributed by atoms with Crippen LogP contribution in [0.25, 0.3) is 11.2 Å². The molecule has 0 unspecified atom stereocenters. The van der Waals surface area contributed by atoms with Gasteiger partial charge >= 0.3 is 0 Å². The zero-order valence-corrected chi connectivity index (χ0v) is 10.6. The number of carbonyl (C=O) groups excluding carboxylic acids is 1. The van der Waals surface area contributed by atoms with Gasteiger partial charge in [-0.25, -0.2) is 9.97 Å². The Morgan fingerprint density at radius 3 is 2.52 bits per heavy atom. The van der Waals surface area contributed by atoms with Crippen molar-refractivity contribution >= 4 is 23.0 Å². The molecule has 0 radical (unpaired) electrons. The second-order valence-corrected chi connectivity index (χ2v) is 4.21. The molecule has 1 amide bonds. The maximum Gasteiger partial charge on any atom is 0.249 e. The first-order chi connectivity index (χ1) is 9.90. The molecule has 1 aliphatic heterocycles. The third kappa shape index (κ3) is 3.22. The van der Waals surface area contributed by atoms with Crippen LogP contribution in [0.4, 0.5) is 5.95 Å². The minimum absolute atomic E-state index is 0.371. The lowest BCUT2D eigenvalue weighted by molar-refractivity contribution is -0.148. The summed E-state index contributed by atoms with van der Waals surface area (Å²) in [6.07, 6.45) is -2.70. The quantitative estimate of drug-likeness (QED) is 0.315. The van der Waals surface area contributed by atoms with E-state index in [0.717, 1.165) is 5.52 Å². The molecule has 0 saturated carbocycles. The summed E-state index contributed by atoms with van der Waals surface area (Å²) in [5, 5.41) is 26.6. The highest BCUT2D eigenvalue weighted by Crippen LogP contribution is 2.18. The van der Waals surface area contributed by atoms with E-state index in [9.17, 15) is 4.79 Å². The summed E-state index contributed by atoms with van der Waals surface area (Å²) in [6, 6.07) is 0. The largest absolute Gasteiger partial charge is 0.387 e. The number of nitrogens with one attached hydrogen (secondary N) is 1. The predicted molar refractivity (Wildman–Crippen MR) is 68.2 cm³/mol. The predicted octanol–water partition coefficient (Wildman–Crippen LogP) is -3.15. The lowest BCUT2D eigenvalue weighted by Gasteiger charge is -2.09. The van der Waals surface area contributed by atoms with Gasteiger partial charge in [0.1, 0.15) is 24.1 Å². The van der Waals surface area contributed by atoms with Crippen LogP contribution in [0, 0.1) is 0 Å². The number of nitrogens with zero attached hydrogens (tertiary/aromatic N) is 3. The number of aliphatic hydroxyl groups excluding tert-OH is 3. The van der Waals surface area contributed by atoms with Gasteiger partial charge in [0.05, 0.1) is 6.20 Å². The highest BCUT2D eigenvalue weighted by molar-refractivity contribution is 5.80. The van der Waals surface area contributed by atoms with Crippen LogP contribution in [-0.4, -0.2) is 65.8 Å². The molecule has 1 aliphatic rings. The zero-order chi connectivity index (χ0) is 15.6. The van der Waals surface area contributed by atoms with E-state index in [1.807, 2.05) is 0 Å². The maximum atomic E-state index is 10.4. The molecule has 3 heterocycles. The van der Waals surface area contributed by atoms with Crippen molar-refractivity contribution in [2.75, 3.05) is 5.73 Å². The fourth-order valence-electron chi connectivity index (χ4n) is 1.67. The number of hydrogen-bond acceptors (Lipinski definition) is 9. The summed E-state index contributed by atoms with van der Waals surface area (Å²) in [4.78, 5) is 24.8. The van der Waals surface area contributed by atoms with E-state index in [4.69, 9.17) is 26.8 Å². The molecule has 2 aromatic heterocycles. The minimum atomic E-state index is -1.54. The Hall–Kier alpha value is -2.34. The van der Waals surface area contributed by atoms with Crippen molar-refractivity contribution in [1.29, 1.82) is 0 Å². The first kappa shape index (κ1) is 15.1. The minimum Gasteiger partial charge on any atom is -0.387 e. The number of nitrogen functional groups attached to an aromatic ring is 1. The molecule has 8 N–H and O–H groups in total. The lowest BCUT2D eigenvalue weighted by atomic mass is 10.1. The Bertz CT molecular complexity index is 600. The third-order valence-electron chi connectivity index (χ3n) is 2.70. The molecule has 3 rings (SSSR count). The molecule has 1 fully saturated rings. The van der Waals surface area contributed by atoms with E-state index >= 15 is 0 Å². The molecule has 1 saturated heterocycles. The topological polar surface area (TPSA) is 193 Å². The number of aliphatic hydroxyl groups is 3. The van der Waals surface area contributed by atoms with Crippen molar-refractivity contribution in [2.24, 2.45) is 5.73 Å². The second-order valence-electron chi connectivity index (χ2n) is 4.21. The molecule has 11 nitrogen and oxygen atoms in total. The van der Waals surface area contributed by atoms with Gasteiger partial charge in [-0.15, -0.1) is 0 Å². The van der Waals surface area contributed by atoms with Crippen LogP contribution in [0.2, 0.25) is 0 Å².